The molecule has 0 saturated heterocycles. The van der Waals surface area contributed by atoms with Crippen molar-refractivity contribution < 1.29 is 28.0 Å². The molecule has 1 fully saturated rings. The monoisotopic (exact) mass is 478 g/mol. The molecule has 0 spiro atoms. The summed E-state index contributed by atoms with van der Waals surface area (Å²) in [6, 6.07) is 7.72. The van der Waals surface area contributed by atoms with Crippen molar-refractivity contribution >= 4 is 34.8 Å². The normalized spacial score (nSPS) is 15.7. The number of aromatic nitrogens is 1. The van der Waals surface area contributed by atoms with Gasteiger partial charge in [0.2, 0.25) is 23.5 Å². The SMILES string of the molecule is O=C(CC1CC(F)(F)C1)NCC(=O)N[C@H](Cc1ccccc1)C(=O)C(=O)NCc1nccs1. The Morgan fingerprint density at radius 2 is 1.82 bits per heavy atom. The summed E-state index contributed by atoms with van der Waals surface area (Å²) in [7, 11) is 0. The Kier molecular flexibility index (Phi) is 8.21. The maximum absolute atomic E-state index is 12.9. The summed E-state index contributed by atoms with van der Waals surface area (Å²) < 4.78 is 25.8. The first-order valence-corrected chi connectivity index (χ1v) is 11.3. The smallest absolute Gasteiger partial charge is 0.289 e. The van der Waals surface area contributed by atoms with E-state index in [-0.39, 0.29) is 32.2 Å². The lowest BCUT2D eigenvalue weighted by Crippen LogP contribution is -2.51. The highest BCUT2D eigenvalue weighted by atomic mass is 32.1. The molecule has 2 aromatic rings. The predicted octanol–water partition coefficient (Wildman–Crippen LogP) is 1.61. The lowest BCUT2D eigenvalue weighted by molar-refractivity contribution is -0.140. The highest BCUT2D eigenvalue weighted by molar-refractivity contribution is 7.09. The van der Waals surface area contributed by atoms with E-state index in [1.54, 1.807) is 41.9 Å². The van der Waals surface area contributed by atoms with Crippen LogP contribution in [-0.2, 0) is 32.1 Å². The number of nitrogens with zero attached hydrogens (tertiary/aromatic N) is 1. The second-order valence-corrected chi connectivity index (χ2v) is 8.87. The molecular weight excluding hydrogens is 454 g/mol. The fourth-order valence-corrected chi connectivity index (χ4v) is 4.04. The molecule has 1 aliphatic carbocycles. The van der Waals surface area contributed by atoms with Crippen molar-refractivity contribution in [1.29, 1.82) is 0 Å². The Morgan fingerprint density at radius 3 is 2.45 bits per heavy atom. The molecule has 1 aliphatic rings. The van der Waals surface area contributed by atoms with Gasteiger partial charge < -0.3 is 16.0 Å². The zero-order chi connectivity index (χ0) is 23.8. The van der Waals surface area contributed by atoms with E-state index in [0.717, 1.165) is 5.56 Å². The van der Waals surface area contributed by atoms with Crippen LogP contribution in [-0.4, -0.2) is 47.0 Å². The number of carbonyl (C=O) groups is 4. The highest BCUT2D eigenvalue weighted by Gasteiger charge is 2.45. The van der Waals surface area contributed by atoms with Crippen molar-refractivity contribution in [3.05, 3.63) is 52.5 Å². The van der Waals surface area contributed by atoms with Gasteiger partial charge in [-0.25, -0.2) is 13.8 Å². The number of thiazole rings is 1. The second-order valence-electron chi connectivity index (χ2n) is 7.89. The van der Waals surface area contributed by atoms with Crippen molar-refractivity contribution in [3.8, 4) is 0 Å². The number of Topliss-reactive ketones (excluding diaryl/α,β-unsaturated/α-hetero) is 1. The van der Waals surface area contributed by atoms with Crippen LogP contribution < -0.4 is 16.0 Å². The second kappa shape index (κ2) is 11.1. The molecule has 0 radical (unpaired) electrons. The molecule has 3 rings (SSSR count). The number of hydrogen-bond acceptors (Lipinski definition) is 6. The van der Waals surface area contributed by atoms with Gasteiger partial charge in [-0.15, -0.1) is 11.3 Å². The van der Waals surface area contributed by atoms with Crippen molar-refractivity contribution in [2.24, 2.45) is 5.92 Å². The molecule has 0 unspecified atom stereocenters. The first-order chi connectivity index (χ1) is 15.7. The van der Waals surface area contributed by atoms with E-state index in [4.69, 9.17) is 0 Å². The lowest BCUT2D eigenvalue weighted by Gasteiger charge is -2.34. The number of halogens is 2. The molecule has 3 N–H and O–H groups in total. The van der Waals surface area contributed by atoms with Crippen molar-refractivity contribution in [1.82, 2.24) is 20.9 Å². The maximum Gasteiger partial charge on any atom is 0.289 e. The van der Waals surface area contributed by atoms with Crippen LogP contribution in [0.3, 0.4) is 0 Å². The topological polar surface area (TPSA) is 117 Å². The Bertz CT molecular complexity index is 978. The summed E-state index contributed by atoms with van der Waals surface area (Å²) in [6.07, 6.45) is 0.902. The Morgan fingerprint density at radius 1 is 1.09 bits per heavy atom. The standard InChI is InChI=1S/C22H24F2N4O4S/c23-22(24)10-15(11-22)9-17(29)26-12-18(30)28-16(8-14-4-2-1-3-5-14)20(31)21(32)27-13-19-25-6-7-33-19/h1-7,15-16H,8-13H2,(H,26,29)(H,27,32)(H,28,30)/t16-/m1/s1. The van der Waals surface area contributed by atoms with Crippen molar-refractivity contribution in [3.63, 3.8) is 0 Å². The molecule has 0 aliphatic heterocycles. The molecule has 3 amide bonds. The quantitative estimate of drug-likeness (QED) is 0.424. The highest BCUT2D eigenvalue weighted by Crippen LogP contribution is 2.43. The predicted molar refractivity (Wildman–Crippen MR) is 116 cm³/mol. The molecule has 176 valence electrons. The van der Waals surface area contributed by atoms with Crippen LogP contribution in [0.2, 0.25) is 0 Å². The number of amides is 3. The minimum atomic E-state index is -2.71. The van der Waals surface area contributed by atoms with E-state index in [1.165, 1.54) is 11.3 Å². The Labute approximate surface area is 193 Å². The van der Waals surface area contributed by atoms with E-state index in [2.05, 4.69) is 20.9 Å². The van der Waals surface area contributed by atoms with E-state index < -0.39 is 47.9 Å². The number of rotatable bonds is 11. The first-order valence-electron chi connectivity index (χ1n) is 10.4. The van der Waals surface area contributed by atoms with Crippen LogP contribution in [0.15, 0.2) is 41.9 Å². The summed E-state index contributed by atoms with van der Waals surface area (Å²) in [5.41, 5.74) is 0.735. The summed E-state index contributed by atoms with van der Waals surface area (Å²) in [5.74, 6) is -5.99. The number of carbonyl (C=O) groups excluding carboxylic acids is 4. The van der Waals surface area contributed by atoms with Crippen LogP contribution in [0.5, 0.6) is 0 Å². The van der Waals surface area contributed by atoms with Gasteiger partial charge >= 0.3 is 0 Å². The fourth-order valence-electron chi connectivity index (χ4n) is 3.49. The lowest BCUT2D eigenvalue weighted by atomic mass is 9.79. The van der Waals surface area contributed by atoms with Gasteiger partial charge in [0.25, 0.3) is 5.91 Å². The van der Waals surface area contributed by atoms with Crippen LogP contribution in [0, 0.1) is 5.92 Å². The van der Waals surface area contributed by atoms with Gasteiger partial charge in [0.15, 0.2) is 0 Å². The van der Waals surface area contributed by atoms with Crippen LogP contribution in [0.4, 0.5) is 8.78 Å². The number of nitrogens with one attached hydrogen (secondary N) is 3. The van der Waals surface area contributed by atoms with Crippen LogP contribution in [0.25, 0.3) is 0 Å². The fraction of sp³-hybridized carbons (Fsp3) is 0.409. The maximum atomic E-state index is 12.9. The Hall–Kier alpha value is -3.21. The first kappa shape index (κ1) is 24.4. The van der Waals surface area contributed by atoms with Gasteiger partial charge in [-0.3, -0.25) is 19.2 Å². The number of benzene rings is 1. The zero-order valence-corrected chi connectivity index (χ0v) is 18.5. The number of ketones is 1. The summed E-state index contributed by atoms with van der Waals surface area (Å²) >= 11 is 1.33. The average molecular weight is 479 g/mol. The van der Waals surface area contributed by atoms with Crippen LogP contribution in [0.1, 0.15) is 29.8 Å². The van der Waals surface area contributed by atoms with Crippen molar-refractivity contribution in [2.75, 3.05) is 6.54 Å². The summed E-state index contributed by atoms with van der Waals surface area (Å²) in [6.45, 7) is -0.342. The molecule has 1 aromatic heterocycles. The molecule has 1 atom stereocenters. The molecule has 1 heterocycles. The summed E-state index contributed by atoms with van der Waals surface area (Å²) in [5, 5.41) is 9.73. The van der Waals surface area contributed by atoms with Gasteiger partial charge in [0.05, 0.1) is 13.1 Å². The largest absolute Gasteiger partial charge is 0.347 e. The molecule has 33 heavy (non-hydrogen) atoms. The van der Waals surface area contributed by atoms with Crippen LogP contribution >= 0.6 is 11.3 Å². The van der Waals surface area contributed by atoms with Gasteiger partial charge in [-0.1, -0.05) is 30.3 Å². The van der Waals surface area contributed by atoms with Gasteiger partial charge in [-0.05, 0) is 11.5 Å². The number of alkyl halides is 2. The molecule has 1 saturated carbocycles. The zero-order valence-electron chi connectivity index (χ0n) is 17.7. The average Bonchev–Trinajstić information content (AvgIpc) is 3.28. The summed E-state index contributed by atoms with van der Waals surface area (Å²) in [4.78, 5) is 53.4. The van der Waals surface area contributed by atoms with Gasteiger partial charge in [0.1, 0.15) is 11.0 Å². The van der Waals surface area contributed by atoms with Gasteiger partial charge in [0, 0.05) is 37.3 Å². The Balaban J connectivity index is 1.53. The minimum absolute atomic E-state index is 0.0845. The molecular formula is C22H24F2N4O4S. The van der Waals surface area contributed by atoms with Gasteiger partial charge in [-0.2, -0.15) is 0 Å². The molecule has 11 heteroatoms. The minimum Gasteiger partial charge on any atom is -0.347 e. The number of hydrogen-bond donors (Lipinski definition) is 3. The third kappa shape index (κ3) is 7.70. The third-order valence-corrected chi connectivity index (χ3v) is 5.92. The van der Waals surface area contributed by atoms with Crippen molar-refractivity contribution in [2.45, 2.75) is 44.2 Å². The molecule has 0 bridgehead atoms. The van der Waals surface area contributed by atoms with E-state index in [0.29, 0.717) is 5.01 Å². The van der Waals surface area contributed by atoms with E-state index >= 15 is 0 Å². The van der Waals surface area contributed by atoms with E-state index in [1.807, 2.05) is 0 Å². The third-order valence-electron chi connectivity index (χ3n) is 5.14. The van der Waals surface area contributed by atoms with E-state index in [9.17, 15) is 28.0 Å². The molecule has 1 aromatic carbocycles. The molecule has 8 nitrogen and oxygen atoms in total.